The minimum Gasteiger partial charge on any atom is -0.342 e. The van der Waals surface area contributed by atoms with Crippen LogP contribution in [0, 0.1) is 11.8 Å². The Morgan fingerprint density at radius 2 is 1.14 bits per heavy atom. The summed E-state index contributed by atoms with van der Waals surface area (Å²) in [6, 6.07) is 16.9. The van der Waals surface area contributed by atoms with Crippen molar-refractivity contribution >= 4 is 22.1 Å². The number of hydrogen-bond acceptors (Lipinski definition) is 2. The van der Waals surface area contributed by atoms with E-state index in [-0.39, 0.29) is 10.8 Å². The third-order valence-corrected chi connectivity index (χ3v) is 7.84. The van der Waals surface area contributed by atoms with E-state index in [1.165, 1.54) is 61.2 Å². The molecule has 4 bridgehead atoms. The zero-order chi connectivity index (χ0) is 18.3. The van der Waals surface area contributed by atoms with Gasteiger partial charge in [0.2, 0.25) is 0 Å². The van der Waals surface area contributed by atoms with Crippen LogP contribution >= 0.6 is 0 Å². The number of nitrogens with one attached hydrogen (secondary N) is 2. The number of hydrogen-bond donors (Lipinski definition) is 2. The van der Waals surface area contributed by atoms with Crippen LogP contribution in [0.5, 0.6) is 0 Å². The Balaban J connectivity index is 1.38. The number of fused-ring (bicyclic) bond motifs is 2. The molecular formula is C24H24N4. The van der Waals surface area contributed by atoms with Gasteiger partial charge in [-0.05, 0) is 74.6 Å². The lowest BCUT2D eigenvalue weighted by Gasteiger charge is -2.60. The van der Waals surface area contributed by atoms with Gasteiger partial charge < -0.3 is 9.97 Å². The topological polar surface area (TPSA) is 57.4 Å². The second-order valence-electron chi connectivity index (χ2n) is 9.73. The molecule has 2 N–H and O–H groups in total. The minimum atomic E-state index is 0.183. The number of aromatic amines is 2. The van der Waals surface area contributed by atoms with E-state index in [0.717, 1.165) is 22.9 Å². The number of imidazole rings is 2. The first-order chi connectivity index (χ1) is 13.7. The quantitative estimate of drug-likeness (QED) is 0.509. The highest BCUT2D eigenvalue weighted by Gasteiger charge is 2.60. The normalized spacial score (nSPS) is 33.9. The Labute approximate surface area is 163 Å². The first-order valence-electron chi connectivity index (χ1n) is 10.6. The van der Waals surface area contributed by atoms with Gasteiger partial charge >= 0.3 is 0 Å². The van der Waals surface area contributed by atoms with Crippen LogP contribution in [0.1, 0.15) is 50.2 Å². The van der Waals surface area contributed by atoms with E-state index in [4.69, 9.17) is 9.97 Å². The Morgan fingerprint density at radius 3 is 1.61 bits per heavy atom. The van der Waals surface area contributed by atoms with E-state index in [1.807, 2.05) is 0 Å². The van der Waals surface area contributed by atoms with E-state index in [9.17, 15) is 0 Å². The first-order valence-corrected chi connectivity index (χ1v) is 10.6. The molecule has 28 heavy (non-hydrogen) atoms. The van der Waals surface area contributed by atoms with Gasteiger partial charge in [0.05, 0.1) is 22.1 Å². The highest BCUT2D eigenvalue weighted by Crippen LogP contribution is 2.65. The van der Waals surface area contributed by atoms with Crippen molar-refractivity contribution in [2.45, 2.75) is 49.4 Å². The van der Waals surface area contributed by atoms with Gasteiger partial charge in [0.1, 0.15) is 11.6 Å². The van der Waals surface area contributed by atoms with Crippen LogP contribution in [0.15, 0.2) is 48.5 Å². The maximum absolute atomic E-state index is 5.08. The van der Waals surface area contributed by atoms with E-state index in [1.54, 1.807) is 0 Å². The van der Waals surface area contributed by atoms with Crippen LogP contribution < -0.4 is 0 Å². The molecule has 2 aromatic carbocycles. The average Bonchev–Trinajstić information content (AvgIpc) is 3.32. The molecule has 140 valence electrons. The second kappa shape index (κ2) is 5.05. The zero-order valence-corrected chi connectivity index (χ0v) is 15.9. The molecule has 4 fully saturated rings. The molecule has 2 aromatic heterocycles. The fraction of sp³-hybridized carbons (Fsp3) is 0.417. The molecule has 0 saturated heterocycles. The van der Waals surface area contributed by atoms with Gasteiger partial charge in [0, 0.05) is 10.8 Å². The third kappa shape index (κ3) is 1.96. The Hall–Kier alpha value is -2.62. The molecule has 0 amide bonds. The van der Waals surface area contributed by atoms with Crippen molar-refractivity contribution in [2.24, 2.45) is 11.8 Å². The lowest BCUT2D eigenvalue weighted by molar-refractivity contribution is -0.0347. The van der Waals surface area contributed by atoms with E-state index >= 15 is 0 Å². The van der Waals surface area contributed by atoms with Crippen LogP contribution in [0.4, 0.5) is 0 Å². The predicted octanol–water partition coefficient (Wildman–Crippen LogP) is 5.23. The Morgan fingerprint density at radius 1 is 0.679 bits per heavy atom. The Bertz CT molecular complexity index is 1040. The van der Waals surface area contributed by atoms with Crippen LogP contribution in [0.2, 0.25) is 0 Å². The second-order valence-corrected chi connectivity index (χ2v) is 9.73. The molecule has 4 aliphatic rings. The molecule has 4 aromatic rings. The summed E-state index contributed by atoms with van der Waals surface area (Å²) in [4.78, 5) is 17.6. The van der Waals surface area contributed by atoms with Gasteiger partial charge in [0.25, 0.3) is 0 Å². The Kier molecular flexibility index (Phi) is 2.76. The molecule has 0 aliphatic heterocycles. The van der Waals surface area contributed by atoms with E-state index in [2.05, 4.69) is 58.5 Å². The van der Waals surface area contributed by atoms with Crippen LogP contribution in [0.3, 0.4) is 0 Å². The van der Waals surface area contributed by atoms with E-state index < -0.39 is 0 Å². The summed E-state index contributed by atoms with van der Waals surface area (Å²) in [5.41, 5.74) is 4.92. The highest BCUT2D eigenvalue weighted by molar-refractivity contribution is 5.76. The van der Waals surface area contributed by atoms with Crippen molar-refractivity contribution in [3.8, 4) is 0 Å². The molecule has 0 atom stereocenters. The molecule has 4 nitrogen and oxygen atoms in total. The number of rotatable bonds is 2. The molecule has 2 heterocycles. The van der Waals surface area contributed by atoms with Gasteiger partial charge in [0.15, 0.2) is 0 Å². The zero-order valence-electron chi connectivity index (χ0n) is 15.9. The summed E-state index contributed by atoms with van der Waals surface area (Å²) < 4.78 is 0. The molecule has 0 spiro atoms. The summed E-state index contributed by atoms with van der Waals surface area (Å²) in [6.07, 6.45) is 7.70. The third-order valence-electron chi connectivity index (χ3n) is 7.84. The highest BCUT2D eigenvalue weighted by atomic mass is 15.0. The van der Waals surface area contributed by atoms with Crippen molar-refractivity contribution in [3.63, 3.8) is 0 Å². The number of para-hydroxylation sites is 4. The molecule has 8 rings (SSSR count). The summed E-state index contributed by atoms with van der Waals surface area (Å²) in [7, 11) is 0. The van der Waals surface area contributed by atoms with Gasteiger partial charge in [-0.2, -0.15) is 0 Å². The van der Waals surface area contributed by atoms with Crippen LogP contribution in [-0.4, -0.2) is 19.9 Å². The molecule has 4 aliphatic carbocycles. The number of aromatic nitrogens is 4. The maximum Gasteiger partial charge on any atom is 0.113 e. The summed E-state index contributed by atoms with van der Waals surface area (Å²) in [6.45, 7) is 0. The molecule has 4 saturated carbocycles. The minimum absolute atomic E-state index is 0.183. The molecular weight excluding hydrogens is 344 g/mol. The van der Waals surface area contributed by atoms with Crippen molar-refractivity contribution in [1.29, 1.82) is 0 Å². The molecule has 0 radical (unpaired) electrons. The predicted molar refractivity (Wildman–Crippen MR) is 110 cm³/mol. The van der Waals surface area contributed by atoms with Crippen LogP contribution in [-0.2, 0) is 10.8 Å². The van der Waals surface area contributed by atoms with Crippen LogP contribution in [0.25, 0.3) is 22.1 Å². The fourth-order valence-corrected chi connectivity index (χ4v) is 7.22. The van der Waals surface area contributed by atoms with E-state index in [0.29, 0.717) is 0 Å². The number of benzene rings is 2. The summed E-state index contributed by atoms with van der Waals surface area (Å²) in [5, 5.41) is 0. The van der Waals surface area contributed by atoms with Gasteiger partial charge in [-0.25, -0.2) is 9.97 Å². The largest absolute Gasteiger partial charge is 0.342 e. The van der Waals surface area contributed by atoms with Crippen molar-refractivity contribution < 1.29 is 0 Å². The lowest BCUT2D eigenvalue weighted by atomic mass is 9.43. The van der Waals surface area contributed by atoms with Gasteiger partial charge in [-0.3, -0.25) is 0 Å². The fourth-order valence-electron chi connectivity index (χ4n) is 7.22. The maximum atomic E-state index is 5.08. The van der Waals surface area contributed by atoms with Crippen molar-refractivity contribution in [3.05, 3.63) is 60.2 Å². The first kappa shape index (κ1) is 15.3. The number of H-pyrrole nitrogens is 2. The molecule has 4 heteroatoms. The SMILES string of the molecule is c1ccc2[nH]c(C34CC5CC(C3)CC(c3nc6ccccc6[nH]3)(C5)C4)nc2c1. The molecule has 0 unspecified atom stereocenters. The standard InChI is InChI=1S/C24H24N4/c1-2-6-18-17(5-1)25-21(26-18)23-10-15-9-16(11-23)13-24(12-15,14-23)22-27-19-7-3-4-8-20(19)28-22/h1-8,15-16H,9-14H2,(H,25,26)(H,27,28). The van der Waals surface area contributed by atoms with Crippen molar-refractivity contribution in [1.82, 2.24) is 19.9 Å². The lowest BCUT2D eigenvalue weighted by Crippen LogP contribution is -2.56. The monoisotopic (exact) mass is 368 g/mol. The average molecular weight is 368 g/mol. The van der Waals surface area contributed by atoms with Gasteiger partial charge in [-0.15, -0.1) is 0 Å². The van der Waals surface area contributed by atoms with Crippen molar-refractivity contribution in [2.75, 3.05) is 0 Å². The summed E-state index contributed by atoms with van der Waals surface area (Å²) in [5.74, 6) is 4.04. The number of nitrogens with zero attached hydrogens (tertiary/aromatic N) is 2. The smallest absolute Gasteiger partial charge is 0.113 e. The van der Waals surface area contributed by atoms with Gasteiger partial charge in [-0.1, -0.05) is 24.3 Å². The summed E-state index contributed by atoms with van der Waals surface area (Å²) >= 11 is 0.